The maximum Gasteiger partial charge on any atom is 0.125 e. The summed E-state index contributed by atoms with van der Waals surface area (Å²) in [6, 6.07) is 5.29. The number of rotatable bonds is 2. The minimum Gasteiger partial charge on any atom is -0.324 e. The molecule has 0 radical (unpaired) electrons. The molecule has 1 aliphatic rings. The third kappa shape index (κ3) is 2.44. The van der Waals surface area contributed by atoms with Gasteiger partial charge in [0, 0.05) is 12.1 Å². The van der Waals surface area contributed by atoms with E-state index in [9.17, 15) is 4.39 Å². The molecule has 0 aliphatic heterocycles. The summed E-state index contributed by atoms with van der Waals surface area (Å²) in [7, 11) is 0. The standard InChI is InChI=1S/C16H20ClFN2/c1-11-5-3-2-4-6-14(11)20-15-8-7-12(18)9-13(15)19-16(20)10-17/h7-9,11,14H,2-6,10H2,1H3. The van der Waals surface area contributed by atoms with Crippen LogP contribution in [0, 0.1) is 11.7 Å². The third-order valence-corrected chi connectivity index (χ3v) is 4.73. The number of hydrogen-bond donors (Lipinski definition) is 0. The summed E-state index contributed by atoms with van der Waals surface area (Å²) in [6.07, 6.45) is 6.26. The summed E-state index contributed by atoms with van der Waals surface area (Å²) in [5.41, 5.74) is 1.73. The van der Waals surface area contributed by atoms with Crippen molar-refractivity contribution in [2.75, 3.05) is 0 Å². The van der Waals surface area contributed by atoms with Crippen molar-refractivity contribution in [3.05, 3.63) is 29.8 Å². The summed E-state index contributed by atoms with van der Waals surface area (Å²) in [5, 5.41) is 0. The molecule has 0 amide bonds. The molecule has 4 heteroatoms. The Labute approximate surface area is 123 Å². The van der Waals surface area contributed by atoms with Gasteiger partial charge in [0.1, 0.15) is 11.6 Å². The van der Waals surface area contributed by atoms with Crippen molar-refractivity contribution in [1.29, 1.82) is 0 Å². The van der Waals surface area contributed by atoms with E-state index in [0.29, 0.717) is 17.8 Å². The van der Waals surface area contributed by atoms with Gasteiger partial charge in [-0.25, -0.2) is 9.37 Å². The lowest BCUT2D eigenvalue weighted by Gasteiger charge is -2.25. The second-order valence-corrected chi connectivity index (χ2v) is 6.11. The fourth-order valence-corrected chi connectivity index (χ4v) is 3.63. The predicted octanol–water partition coefficient (Wildman–Crippen LogP) is 5.06. The monoisotopic (exact) mass is 294 g/mol. The molecule has 1 fully saturated rings. The first-order valence-corrected chi connectivity index (χ1v) is 7.96. The van der Waals surface area contributed by atoms with Gasteiger partial charge in [-0.1, -0.05) is 26.2 Å². The number of fused-ring (bicyclic) bond motifs is 1. The SMILES string of the molecule is CC1CCCCCC1n1c(CCl)nc2cc(F)ccc21. The minimum absolute atomic E-state index is 0.239. The molecule has 1 aromatic heterocycles. The van der Waals surface area contributed by atoms with Crippen molar-refractivity contribution in [2.24, 2.45) is 5.92 Å². The Hall–Kier alpha value is -1.09. The predicted molar refractivity (Wildman–Crippen MR) is 80.5 cm³/mol. The summed E-state index contributed by atoms with van der Waals surface area (Å²) in [4.78, 5) is 4.52. The van der Waals surface area contributed by atoms with E-state index in [1.807, 2.05) is 6.07 Å². The maximum absolute atomic E-state index is 13.4. The van der Waals surface area contributed by atoms with Gasteiger partial charge in [-0.15, -0.1) is 11.6 Å². The molecule has 2 unspecified atom stereocenters. The first-order valence-electron chi connectivity index (χ1n) is 7.43. The molecule has 0 saturated heterocycles. The highest BCUT2D eigenvalue weighted by Gasteiger charge is 2.25. The van der Waals surface area contributed by atoms with Crippen LogP contribution in [-0.4, -0.2) is 9.55 Å². The van der Waals surface area contributed by atoms with Gasteiger partial charge < -0.3 is 4.57 Å². The fourth-order valence-electron chi connectivity index (χ4n) is 3.44. The lowest BCUT2D eigenvalue weighted by Crippen LogP contribution is -2.18. The number of nitrogens with zero attached hydrogens (tertiary/aromatic N) is 2. The van der Waals surface area contributed by atoms with Gasteiger partial charge >= 0.3 is 0 Å². The Morgan fingerprint density at radius 3 is 2.90 bits per heavy atom. The quantitative estimate of drug-likeness (QED) is 0.559. The molecule has 0 N–H and O–H groups in total. The van der Waals surface area contributed by atoms with Crippen LogP contribution < -0.4 is 0 Å². The average molecular weight is 295 g/mol. The molecule has 3 rings (SSSR count). The van der Waals surface area contributed by atoms with Crippen molar-refractivity contribution in [3.8, 4) is 0 Å². The molecule has 2 atom stereocenters. The minimum atomic E-state index is -0.239. The van der Waals surface area contributed by atoms with E-state index in [2.05, 4.69) is 16.5 Å². The normalized spacial score (nSPS) is 23.9. The Morgan fingerprint density at radius 2 is 2.10 bits per heavy atom. The van der Waals surface area contributed by atoms with E-state index in [0.717, 1.165) is 23.3 Å². The molecule has 1 aliphatic carbocycles. The van der Waals surface area contributed by atoms with Gasteiger partial charge in [0.15, 0.2) is 0 Å². The number of hydrogen-bond acceptors (Lipinski definition) is 1. The van der Waals surface area contributed by atoms with Gasteiger partial charge in [-0.2, -0.15) is 0 Å². The first kappa shape index (κ1) is 13.9. The zero-order valence-corrected chi connectivity index (χ0v) is 12.5. The van der Waals surface area contributed by atoms with Crippen LogP contribution in [0.15, 0.2) is 18.2 Å². The maximum atomic E-state index is 13.4. The molecule has 1 saturated carbocycles. The number of imidazole rings is 1. The molecule has 1 heterocycles. The van der Waals surface area contributed by atoms with Crippen LogP contribution >= 0.6 is 11.6 Å². The summed E-state index contributed by atoms with van der Waals surface area (Å²) >= 11 is 6.07. The summed E-state index contributed by atoms with van der Waals surface area (Å²) < 4.78 is 15.6. The van der Waals surface area contributed by atoms with E-state index < -0.39 is 0 Å². The van der Waals surface area contributed by atoms with Gasteiger partial charge in [-0.05, 0) is 30.9 Å². The van der Waals surface area contributed by atoms with Crippen LogP contribution in [0.25, 0.3) is 11.0 Å². The smallest absolute Gasteiger partial charge is 0.125 e. The van der Waals surface area contributed by atoms with E-state index in [-0.39, 0.29) is 5.82 Å². The van der Waals surface area contributed by atoms with Crippen LogP contribution in [0.2, 0.25) is 0 Å². The molecule has 0 spiro atoms. The topological polar surface area (TPSA) is 17.8 Å². The van der Waals surface area contributed by atoms with Crippen LogP contribution in [0.5, 0.6) is 0 Å². The molecule has 2 aromatic rings. The molecule has 1 aromatic carbocycles. The van der Waals surface area contributed by atoms with Gasteiger partial charge in [0.05, 0.1) is 16.9 Å². The Morgan fingerprint density at radius 1 is 1.30 bits per heavy atom. The second-order valence-electron chi connectivity index (χ2n) is 5.85. The van der Waals surface area contributed by atoms with E-state index in [1.165, 1.54) is 37.8 Å². The zero-order valence-electron chi connectivity index (χ0n) is 11.8. The Kier molecular flexibility index (Phi) is 3.97. The number of halogens is 2. The zero-order chi connectivity index (χ0) is 14.1. The highest BCUT2D eigenvalue weighted by Crippen LogP contribution is 2.36. The van der Waals surface area contributed by atoms with Crippen LogP contribution in [0.1, 0.15) is 50.9 Å². The first-order chi connectivity index (χ1) is 9.70. The van der Waals surface area contributed by atoms with Crippen LogP contribution in [-0.2, 0) is 5.88 Å². The Balaban J connectivity index is 2.12. The van der Waals surface area contributed by atoms with Crippen molar-refractivity contribution in [3.63, 3.8) is 0 Å². The van der Waals surface area contributed by atoms with Crippen molar-refractivity contribution < 1.29 is 4.39 Å². The number of aromatic nitrogens is 2. The average Bonchev–Trinajstić information content (AvgIpc) is 2.66. The molecule has 0 bridgehead atoms. The second kappa shape index (κ2) is 5.72. The molecular formula is C16H20ClFN2. The molecular weight excluding hydrogens is 275 g/mol. The summed E-state index contributed by atoms with van der Waals surface area (Å²) in [6.45, 7) is 2.31. The molecule has 108 valence electrons. The Bertz CT molecular complexity index is 608. The molecule has 20 heavy (non-hydrogen) atoms. The van der Waals surface area contributed by atoms with Crippen LogP contribution in [0.3, 0.4) is 0 Å². The van der Waals surface area contributed by atoms with Gasteiger partial charge in [-0.3, -0.25) is 0 Å². The van der Waals surface area contributed by atoms with Crippen molar-refractivity contribution in [2.45, 2.75) is 50.9 Å². The highest BCUT2D eigenvalue weighted by atomic mass is 35.5. The van der Waals surface area contributed by atoms with E-state index in [1.54, 1.807) is 0 Å². The van der Waals surface area contributed by atoms with E-state index >= 15 is 0 Å². The van der Waals surface area contributed by atoms with E-state index in [4.69, 9.17) is 11.6 Å². The van der Waals surface area contributed by atoms with Crippen LogP contribution in [0.4, 0.5) is 4.39 Å². The third-order valence-electron chi connectivity index (χ3n) is 4.49. The highest BCUT2D eigenvalue weighted by molar-refractivity contribution is 6.16. The fraction of sp³-hybridized carbons (Fsp3) is 0.562. The number of benzene rings is 1. The van der Waals surface area contributed by atoms with Gasteiger partial charge in [0.25, 0.3) is 0 Å². The van der Waals surface area contributed by atoms with Crippen molar-refractivity contribution >= 4 is 22.6 Å². The molecule has 2 nitrogen and oxygen atoms in total. The van der Waals surface area contributed by atoms with Gasteiger partial charge in [0.2, 0.25) is 0 Å². The number of alkyl halides is 1. The largest absolute Gasteiger partial charge is 0.324 e. The lowest BCUT2D eigenvalue weighted by molar-refractivity contribution is 0.335. The van der Waals surface area contributed by atoms with Crippen molar-refractivity contribution in [1.82, 2.24) is 9.55 Å². The summed E-state index contributed by atoms with van der Waals surface area (Å²) in [5.74, 6) is 1.62. The lowest BCUT2D eigenvalue weighted by atomic mass is 9.96.